The van der Waals surface area contributed by atoms with E-state index in [4.69, 9.17) is 11.6 Å². The highest BCUT2D eigenvalue weighted by Crippen LogP contribution is 2.17. The van der Waals surface area contributed by atoms with Crippen LogP contribution in [0, 0.1) is 5.82 Å². The third kappa shape index (κ3) is 3.98. The summed E-state index contributed by atoms with van der Waals surface area (Å²) in [6.07, 6.45) is 1.74. The number of hydrogen-bond donors (Lipinski definition) is 1. The molecule has 4 heteroatoms. The van der Waals surface area contributed by atoms with E-state index >= 15 is 0 Å². The highest BCUT2D eigenvalue weighted by molar-refractivity contribution is 6.18. The molecule has 0 saturated heterocycles. The normalized spacial score (nSPS) is 11.3. The van der Waals surface area contributed by atoms with Crippen molar-refractivity contribution >= 4 is 17.5 Å². The SMILES string of the molecule is CCC(CC)(CCl)NC(=O)Cc1cccc(F)c1. The average molecular weight is 272 g/mol. The molecule has 1 aromatic carbocycles. The lowest BCUT2D eigenvalue weighted by atomic mass is 9.95. The second-order valence-corrected chi connectivity index (χ2v) is 4.74. The van der Waals surface area contributed by atoms with Crippen LogP contribution in [0.3, 0.4) is 0 Å². The Labute approximate surface area is 113 Å². The number of carbonyl (C=O) groups excluding carboxylic acids is 1. The number of nitrogens with one attached hydrogen (secondary N) is 1. The van der Waals surface area contributed by atoms with E-state index in [1.54, 1.807) is 12.1 Å². The molecule has 1 amide bonds. The van der Waals surface area contributed by atoms with Crippen LogP contribution in [0.1, 0.15) is 32.3 Å². The molecule has 0 spiro atoms. The summed E-state index contributed by atoms with van der Waals surface area (Å²) in [5, 5.41) is 2.95. The van der Waals surface area contributed by atoms with Crippen molar-refractivity contribution in [3.05, 3.63) is 35.6 Å². The van der Waals surface area contributed by atoms with Crippen LogP contribution >= 0.6 is 11.6 Å². The van der Waals surface area contributed by atoms with Gasteiger partial charge in [0.05, 0.1) is 12.0 Å². The number of carbonyl (C=O) groups is 1. The number of rotatable bonds is 6. The van der Waals surface area contributed by atoms with Gasteiger partial charge in [-0.25, -0.2) is 4.39 Å². The van der Waals surface area contributed by atoms with E-state index in [-0.39, 0.29) is 23.7 Å². The van der Waals surface area contributed by atoms with E-state index < -0.39 is 0 Å². The lowest BCUT2D eigenvalue weighted by molar-refractivity contribution is -0.122. The number of amides is 1. The van der Waals surface area contributed by atoms with E-state index in [0.717, 1.165) is 12.8 Å². The van der Waals surface area contributed by atoms with Gasteiger partial charge >= 0.3 is 0 Å². The Morgan fingerprint density at radius 1 is 1.39 bits per heavy atom. The summed E-state index contributed by atoms with van der Waals surface area (Å²) in [6, 6.07) is 6.08. The fraction of sp³-hybridized carbons (Fsp3) is 0.500. The Balaban J connectivity index is 2.66. The molecule has 0 heterocycles. The van der Waals surface area contributed by atoms with Crippen LogP contribution in [0.4, 0.5) is 4.39 Å². The maximum atomic E-state index is 13.0. The van der Waals surface area contributed by atoms with Crippen LogP contribution < -0.4 is 5.32 Å². The molecule has 0 bridgehead atoms. The first-order chi connectivity index (χ1) is 8.55. The molecule has 0 unspecified atom stereocenters. The van der Waals surface area contributed by atoms with Gasteiger partial charge in [0.15, 0.2) is 0 Å². The molecule has 0 aliphatic carbocycles. The van der Waals surface area contributed by atoms with Gasteiger partial charge in [0.2, 0.25) is 5.91 Å². The number of halogens is 2. The Kier molecular flexibility index (Phi) is 5.60. The molecule has 0 fully saturated rings. The summed E-state index contributed by atoms with van der Waals surface area (Å²) in [7, 11) is 0. The van der Waals surface area contributed by atoms with E-state index in [2.05, 4.69) is 5.32 Å². The van der Waals surface area contributed by atoms with Crippen LogP contribution in [-0.2, 0) is 11.2 Å². The zero-order chi connectivity index (χ0) is 13.6. The van der Waals surface area contributed by atoms with Gasteiger partial charge in [-0.15, -0.1) is 11.6 Å². The second kappa shape index (κ2) is 6.74. The zero-order valence-electron chi connectivity index (χ0n) is 10.8. The molecule has 18 heavy (non-hydrogen) atoms. The summed E-state index contributed by atoms with van der Waals surface area (Å²) >= 11 is 5.92. The topological polar surface area (TPSA) is 29.1 Å². The Morgan fingerprint density at radius 3 is 2.56 bits per heavy atom. The molecule has 0 atom stereocenters. The van der Waals surface area contributed by atoms with Crippen molar-refractivity contribution in [1.82, 2.24) is 5.32 Å². The molecule has 0 aliphatic rings. The average Bonchev–Trinajstić information content (AvgIpc) is 2.36. The van der Waals surface area contributed by atoms with Gasteiger partial charge in [-0.3, -0.25) is 4.79 Å². The van der Waals surface area contributed by atoms with Crippen molar-refractivity contribution < 1.29 is 9.18 Å². The molecule has 0 aromatic heterocycles. The van der Waals surface area contributed by atoms with Gasteiger partial charge in [-0.05, 0) is 30.5 Å². The molecule has 2 nitrogen and oxygen atoms in total. The van der Waals surface area contributed by atoms with Crippen molar-refractivity contribution in [2.24, 2.45) is 0 Å². The molecule has 1 aromatic rings. The monoisotopic (exact) mass is 271 g/mol. The minimum absolute atomic E-state index is 0.120. The van der Waals surface area contributed by atoms with Gasteiger partial charge in [-0.2, -0.15) is 0 Å². The minimum Gasteiger partial charge on any atom is -0.349 e. The van der Waals surface area contributed by atoms with Gasteiger partial charge in [-0.1, -0.05) is 26.0 Å². The smallest absolute Gasteiger partial charge is 0.224 e. The molecule has 1 N–H and O–H groups in total. The predicted octanol–water partition coefficient (Wildman–Crippen LogP) is 3.28. The highest BCUT2D eigenvalue weighted by atomic mass is 35.5. The van der Waals surface area contributed by atoms with E-state index in [9.17, 15) is 9.18 Å². The fourth-order valence-electron chi connectivity index (χ4n) is 1.82. The fourth-order valence-corrected chi connectivity index (χ4v) is 2.27. The summed E-state index contributed by atoms with van der Waals surface area (Å²) in [6.45, 7) is 3.99. The van der Waals surface area contributed by atoms with Crippen LogP contribution in [0.2, 0.25) is 0 Å². The Morgan fingerprint density at radius 2 is 2.06 bits per heavy atom. The summed E-state index contributed by atoms with van der Waals surface area (Å²) in [5.41, 5.74) is 0.314. The molecular formula is C14H19ClFNO. The quantitative estimate of drug-likeness (QED) is 0.791. The van der Waals surface area contributed by atoms with Crippen LogP contribution in [0.5, 0.6) is 0 Å². The summed E-state index contributed by atoms with van der Waals surface area (Å²) in [5.74, 6) is -0.0608. The zero-order valence-corrected chi connectivity index (χ0v) is 11.6. The van der Waals surface area contributed by atoms with Crippen molar-refractivity contribution in [3.8, 4) is 0 Å². The Bertz CT molecular complexity index is 396. The standard InChI is InChI=1S/C14H19ClFNO/c1-3-14(4-2,10-15)17-13(18)9-11-6-5-7-12(16)8-11/h5-8H,3-4,9-10H2,1-2H3,(H,17,18). The number of alkyl halides is 1. The van der Waals surface area contributed by atoms with Crippen molar-refractivity contribution in [2.75, 3.05) is 5.88 Å². The molecule has 100 valence electrons. The van der Waals surface area contributed by atoms with Crippen LogP contribution in [0.15, 0.2) is 24.3 Å². The van der Waals surface area contributed by atoms with Gasteiger partial charge in [0, 0.05) is 5.88 Å². The largest absolute Gasteiger partial charge is 0.349 e. The molecule has 0 saturated carbocycles. The first-order valence-electron chi connectivity index (χ1n) is 6.16. The summed E-state index contributed by atoms with van der Waals surface area (Å²) in [4.78, 5) is 11.9. The van der Waals surface area contributed by atoms with Gasteiger partial charge < -0.3 is 5.32 Å². The van der Waals surface area contributed by atoms with Crippen LogP contribution in [0.25, 0.3) is 0 Å². The van der Waals surface area contributed by atoms with Crippen molar-refractivity contribution in [1.29, 1.82) is 0 Å². The van der Waals surface area contributed by atoms with E-state index in [1.165, 1.54) is 12.1 Å². The molecular weight excluding hydrogens is 253 g/mol. The molecule has 0 radical (unpaired) electrons. The second-order valence-electron chi connectivity index (χ2n) is 4.48. The maximum absolute atomic E-state index is 13.0. The first kappa shape index (κ1) is 15.0. The maximum Gasteiger partial charge on any atom is 0.224 e. The molecule has 1 rings (SSSR count). The first-order valence-corrected chi connectivity index (χ1v) is 6.70. The van der Waals surface area contributed by atoms with Crippen molar-refractivity contribution in [3.63, 3.8) is 0 Å². The van der Waals surface area contributed by atoms with Gasteiger partial charge in [0.1, 0.15) is 5.82 Å². The highest BCUT2D eigenvalue weighted by Gasteiger charge is 2.26. The minimum atomic E-state index is -0.355. The van der Waals surface area contributed by atoms with Gasteiger partial charge in [0.25, 0.3) is 0 Å². The molecule has 0 aliphatic heterocycles. The number of hydrogen-bond acceptors (Lipinski definition) is 1. The predicted molar refractivity (Wildman–Crippen MR) is 72.3 cm³/mol. The van der Waals surface area contributed by atoms with Crippen LogP contribution in [-0.4, -0.2) is 17.3 Å². The lowest BCUT2D eigenvalue weighted by Gasteiger charge is -2.30. The third-order valence-electron chi connectivity index (χ3n) is 3.27. The van der Waals surface area contributed by atoms with E-state index in [0.29, 0.717) is 11.4 Å². The van der Waals surface area contributed by atoms with Crippen molar-refractivity contribution in [2.45, 2.75) is 38.6 Å². The third-order valence-corrected chi connectivity index (χ3v) is 3.78. The van der Waals surface area contributed by atoms with E-state index in [1.807, 2.05) is 13.8 Å². The summed E-state index contributed by atoms with van der Waals surface area (Å²) < 4.78 is 13.0. The lowest BCUT2D eigenvalue weighted by Crippen LogP contribution is -2.49. The Hall–Kier alpha value is -1.09. The number of benzene rings is 1.